The summed E-state index contributed by atoms with van der Waals surface area (Å²) in [4.78, 5) is 15.6. The second-order valence-corrected chi connectivity index (χ2v) is 4.90. The van der Waals surface area contributed by atoms with Gasteiger partial charge in [0.05, 0.1) is 5.56 Å². The number of aliphatic hydroxyl groups excluding tert-OH is 1. The molecule has 122 valence electrons. The van der Waals surface area contributed by atoms with Crippen LogP contribution in [-0.2, 0) is 6.42 Å². The van der Waals surface area contributed by atoms with Gasteiger partial charge in [-0.3, -0.25) is 4.98 Å². The number of hydrogen-bond donors (Lipinski definition) is 3. The van der Waals surface area contributed by atoms with E-state index in [1.165, 1.54) is 6.07 Å². The van der Waals surface area contributed by atoms with Crippen LogP contribution in [0.2, 0.25) is 0 Å². The van der Waals surface area contributed by atoms with Crippen LogP contribution < -0.4 is 10.6 Å². The summed E-state index contributed by atoms with van der Waals surface area (Å²) in [6.07, 6.45) is 2.50. The van der Waals surface area contributed by atoms with E-state index in [1.54, 1.807) is 18.5 Å². The van der Waals surface area contributed by atoms with Crippen LogP contribution in [0.15, 0.2) is 42.7 Å². The standard InChI is InChI=1S/C16H17F2N3O2/c17-12-4-1-5-13(18)15(12)14(22)10-21-16(23)20-8-6-11-3-2-7-19-9-11/h1-5,7,9,14,22H,6,8,10H2,(H2,20,21,23). The summed E-state index contributed by atoms with van der Waals surface area (Å²) >= 11 is 0. The lowest BCUT2D eigenvalue weighted by molar-refractivity contribution is 0.164. The Morgan fingerprint density at radius 3 is 2.57 bits per heavy atom. The van der Waals surface area contributed by atoms with E-state index < -0.39 is 29.3 Å². The maximum atomic E-state index is 13.5. The second kappa shape index (κ2) is 8.19. The molecule has 0 aliphatic rings. The fourth-order valence-electron chi connectivity index (χ4n) is 2.05. The van der Waals surface area contributed by atoms with Crippen molar-refractivity contribution in [2.45, 2.75) is 12.5 Å². The van der Waals surface area contributed by atoms with Crippen LogP contribution in [0.5, 0.6) is 0 Å². The molecule has 2 rings (SSSR count). The van der Waals surface area contributed by atoms with Crippen LogP contribution in [0.1, 0.15) is 17.2 Å². The summed E-state index contributed by atoms with van der Waals surface area (Å²) in [5.74, 6) is -1.70. The first-order chi connectivity index (χ1) is 11.1. The van der Waals surface area contributed by atoms with Gasteiger partial charge in [0.15, 0.2) is 0 Å². The molecule has 7 heteroatoms. The highest BCUT2D eigenvalue weighted by Crippen LogP contribution is 2.19. The fourth-order valence-corrected chi connectivity index (χ4v) is 2.05. The lowest BCUT2D eigenvalue weighted by atomic mass is 10.1. The SMILES string of the molecule is O=C(NCCc1cccnc1)NCC(O)c1c(F)cccc1F. The number of aromatic nitrogens is 1. The van der Waals surface area contributed by atoms with Crippen LogP contribution in [0.4, 0.5) is 13.6 Å². The number of urea groups is 1. The Hall–Kier alpha value is -2.54. The summed E-state index contributed by atoms with van der Waals surface area (Å²) < 4.78 is 27.0. The molecule has 0 aliphatic carbocycles. The third kappa shape index (κ3) is 5.00. The van der Waals surface area contributed by atoms with Gasteiger partial charge in [0.2, 0.25) is 0 Å². The van der Waals surface area contributed by atoms with E-state index in [4.69, 9.17) is 0 Å². The third-order valence-corrected chi connectivity index (χ3v) is 3.21. The Balaban J connectivity index is 1.76. The first kappa shape index (κ1) is 16.8. The van der Waals surface area contributed by atoms with E-state index in [9.17, 15) is 18.7 Å². The van der Waals surface area contributed by atoms with E-state index >= 15 is 0 Å². The zero-order valence-electron chi connectivity index (χ0n) is 12.3. The minimum Gasteiger partial charge on any atom is -0.386 e. The van der Waals surface area contributed by atoms with Crippen LogP contribution >= 0.6 is 0 Å². The Kier molecular flexibility index (Phi) is 5.99. The van der Waals surface area contributed by atoms with E-state index in [0.717, 1.165) is 17.7 Å². The molecule has 0 bridgehead atoms. The minimum atomic E-state index is -1.46. The van der Waals surface area contributed by atoms with Crippen LogP contribution in [-0.4, -0.2) is 29.2 Å². The molecule has 1 heterocycles. The predicted molar refractivity (Wildman–Crippen MR) is 80.7 cm³/mol. The molecule has 0 fully saturated rings. The van der Waals surface area contributed by atoms with Crippen molar-refractivity contribution < 1.29 is 18.7 Å². The van der Waals surface area contributed by atoms with Gasteiger partial charge in [-0.25, -0.2) is 13.6 Å². The molecule has 5 nitrogen and oxygen atoms in total. The Bertz CT molecular complexity index is 633. The van der Waals surface area contributed by atoms with Crippen molar-refractivity contribution in [1.82, 2.24) is 15.6 Å². The number of nitrogens with zero attached hydrogens (tertiary/aromatic N) is 1. The number of amides is 2. The molecule has 2 amide bonds. The predicted octanol–water partition coefficient (Wildman–Crippen LogP) is 1.94. The molecular formula is C16H17F2N3O2. The van der Waals surface area contributed by atoms with Crippen LogP contribution in [0.3, 0.4) is 0 Å². The highest BCUT2D eigenvalue weighted by atomic mass is 19.1. The highest BCUT2D eigenvalue weighted by molar-refractivity contribution is 5.73. The molecule has 0 radical (unpaired) electrons. The van der Waals surface area contributed by atoms with Gasteiger partial charge in [-0.05, 0) is 30.2 Å². The molecule has 0 aliphatic heterocycles. The quantitative estimate of drug-likeness (QED) is 0.761. The lowest BCUT2D eigenvalue weighted by Crippen LogP contribution is -2.39. The smallest absolute Gasteiger partial charge is 0.314 e. The van der Waals surface area contributed by atoms with Gasteiger partial charge in [0.25, 0.3) is 0 Å². The Morgan fingerprint density at radius 1 is 1.17 bits per heavy atom. The molecule has 1 atom stereocenters. The molecule has 0 saturated heterocycles. The zero-order chi connectivity index (χ0) is 16.7. The van der Waals surface area contributed by atoms with Crippen molar-refractivity contribution in [3.05, 3.63) is 65.5 Å². The van der Waals surface area contributed by atoms with E-state index in [-0.39, 0.29) is 6.54 Å². The van der Waals surface area contributed by atoms with Gasteiger partial charge in [-0.1, -0.05) is 12.1 Å². The summed E-state index contributed by atoms with van der Waals surface area (Å²) in [5, 5.41) is 14.8. The largest absolute Gasteiger partial charge is 0.386 e. The third-order valence-electron chi connectivity index (χ3n) is 3.21. The van der Waals surface area contributed by atoms with Crippen LogP contribution in [0.25, 0.3) is 0 Å². The molecule has 0 saturated carbocycles. The Morgan fingerprint density at radius 2 is 1.91 bits per heavy atom. The van der Waals surface area contributed by atoms with Crippen molar-refractivity contribution in [2.24, 2.45) is 0 Å². The summed E-state index contributed by atoms with van der Waals surface area (Å²) in [6, 6.07) is 6.47. The topological polar surface area (TPSA) is 74.2 Å². The number of halogens is 2. The number of carbonyl (C=O) groups excluding carboxylic acids is 1. The van der Waals surface area contributed by atoms with Gasteiger partial charge in [-0.2, -0.15) is 0 Å². The number of benzene rings is 1. The number of pyridine rings is 1. The molecular weight excluding hydrogens is 304 g/mol. The van der Waals surface area contributed by atoms with E-state index in [1.807, 2.05) is 6.07 Å². The number of carbonyl (C=O) groups is 1. The van der Waals surface area contributed by atoms with Crippen molar-refractivity contribution in [3.63, 3.8) is 0 Å². The first-order valence-electron chi connectivity index (χ1n) is 7.10. The highest BCUT2D eigenvalue weighted by Gasteiger charge is 2.18. The molecule has 0 spiro atoms. The zero-order valence-corrected chi connectivity index (χ0v) is 12.3. The van der Waals surface area contributed by atoms with Crippen molar-refractivity contribution >= 4 is 6.03 Å². The van der Waals surface area contributed by atoms with Crippen molar-refractivity contribution in [1.29, 1.82) is 0 Å². The average molecular weight is 321 g/mol. The fraction of sp³-hybridized carbons (Fsp3) is 0.250. The summed E-state index contributed by atoms with van der Waals surface area (Å²) in [5.41, 5.74) is 0.518. The summed E-state index contributed by atoms with van der Waals surface area (Å²) in [7, 11) is 0. The van der Waals surface area contributed by atoms with E-state index in [2.05, 4.69) is 15.6 Å². The normalized spacial score (nSPS) is 11.8. The van der Waals surface area contributed by atoms with Crippen molar-refractivity contribution in [2.75, 3.05) is 13.1 Å². The molecule has 2 aromatic rings. The number of hydrogen-bond acceptors (Lipinski definition) is 3. The maximum Gasteiger partial charge on any atom is 0.314 e. The molecule has 23 heavy (non-hydrogen) atoms. The second-order valence-electron chi connectivity index (χ2n) is 4.90. The first-order valence-corrected chi connectivity index (χ1v) is 7.10. The maximum absolute atomic E-state index is 13.5. The Labute approximate surface area is 132 Å². The number of rotatable bonds is 6. The van der Waals surface area contributed by atoms with E-state index in [0.29, 0.717) is 13.0 Å². The van der Waals surface area contributed by atoms with Gasteiger partial charge in [0, 0.05) is 25.5 Å². The van der Waals surface area contributed by atoms with Gasteiger partial charge < -0.3 is 15.7 Å². The van der Waals surface area contributed by atoms with Gasteiger partial charge in [-0.15, -0.1) is 0 Å². The van der Waals surface area contributed by atoms with Crippen LogP contribution in [0, 0.1) is 11.6 Å². The number of aliphatic hydroxyl groups is 1. The molecule has 1 unspecified atom stereocenters. The molecule has 1 aromatic carbocycles. The minimum absolute atomic E-state index is 0.295. The summed E-state index contributed by atoms with van der Waals surface area (Å²) in [6.45, 7) is 0.0816. The van der Waals surface area contributed by atoms with Gasteiger partial charge >= 0.3 is 6.03 Å². The number of nitrogens with one attached hydrogen (secondary N) is 2. The lowest BCUT2D eigenvalue weighted by Gasteiger charge is -2.14. The molecule has 1 aromatic heterocycles. The van der Waals surface area contributed by atoms with Crippen molar-refractivity contribution in [3.8, 4) is 0 Å². The molecule has 3 N–H and O–H groups in total. The monoisotopic (exact) mass is 321 g/mol. The average Bonchev–Trinajstić information content (AvgIpc) is 2.54. The van der Waals surface area contributed by atoms with Gasteiger partial charge in [0.1, 0.15) is 17.7 Å².